The lowest BCUT2D eigenvalue weighted by Crippen LogP contribution is -2.45. The monoisotopic (exact) mass is 479 g/mol. The summed E-state index contributed by atoms with van der Waals surface area (Å²) < 4.78 is 28.8. The molecule has 0 aliphatic heterocycles. The van der Waals surface area contributed by atoms with Crippen LogP contribution in [0.25, 0.3) is 11.1 Å². The Kier molecular flexibility index (Phi) is 6.78. The number of aryl methyl sites for hydroxylation is 3. The van der Waals surface area contributed by atoms with Crippen LogP contribution in [0.15, 0.2) is 53.6 Å². The van der Waals surface area contributed by atoms with Crippen molar-refractivity contribution >= 4 is 10.0 Å². The largest absolute Gasteiger partial charge is 0.296 e. The van der Waals surface area contributed by atoms with E-state index in [0.717, 1.165) is 22.4 Å². The smallest absolute Gasteiger partial charge is 0.257 e. The van der Waals surface area contributed by atoms with Gasteiger partial charge in [-0.2, -0.15) is 0 Å². The number of hydrogen-bond acceptors (Lipinski definition) is 4. The second-order valence-corrected chi connectivity index (χ2v) is 11.6. The van der Waals surface area contributed by atoms with Crippen LogP contribution in [0.3, 0.4) is 0 Å². The molecule has 1 N–H and O–H groups in total. The van der Waals surface area contributed by atoms with E-state index in [1.807, 2.05) is 19.9 Å². The van der Waals surface area contributed by atoms with Gasteiger partial charge in [0.25, 0.3) is 5.56 Å². The maximum absolute atomic E-state index is 13.5. The SMILES string of the molecule is Cc1cc(C)cc(-c2cccc(C[C@@H]3c4c(ncn(C(C)C)c4=O)CC[C@@H]3NS(C)(=O)=O)c2)c1. The van der Waals surface area contributed by atoms with Crippen LogP contribution in [0.2, 0.25) is 0 Å². The minimum atomic E-state index is -3.43. The molecule has 0 spiro atoms. The van der Waals surface area contributed by atoms with Crippen molar-refractivity contribution in [3.63, 3.8) is 0 Å². The van der Waals surface area contributed by atoms with E-state index in [2.05, 4.69) is 60.0 Å². The van der Waals surface area contributed by atoms with Crippen LogP contribution in [0.1, 0.15) is 60.2 Å². The summed E-state index contributed by atoms with van der Waals surface area (Å²) in [7, 11) is -3.43. The Hall–Kier alpha value is -2.77. The van der Waals surface area contributed by atoms with Gasteiger partial charge in [0.05, 0.1) is 18.3 Å². The van der Waals surface area contributed by atoms with E-state index in [1.165, 1.54) is 17.4 Å². The van der Waals surface area contributed by atoms with E-state index in [0.29, 0.717) is 24.8 Å². The molecule has 0 bridgehead atoms. The average molecular weight is 480 g/mol. The van der Waals surface area contributed by atoms with Crippen LogP contribution in [0.5, 0.6) is 0 Å². The van der Waals surface area contributed by atoms with E-state index < -0.39 is 10.0 Å². The zero-order valence-corrected chi connectivity index (χ0v) is 21.3. The van der Waals surface area contributed by atoms with Crippen LogP contribution >= 0.6 is 0 Å². The summed E-state index contributed by atoms with van der Waals surface area (Å²) >= 11 is 0. The molecule has 180 valence electrons. The molecule has 1 heterocycles. The Bertz CT molecular complexity index is 1360. The number of hydrogen-bond donors (Lipinski definition) is 1. The van der Waals surface area contributed by atoms with Crippen molar-refractivity contribution < 1.29 is 8.42 Å². The molecule has 4 rings (SSSR count). The maximum Gasteiger partial charge on any atom is 0.257 e. The molecule has 0 amide bonds. The third kappa shape index (κ3) is 5.31. The fourth-order valence-electron chi connectivity index (χ4n) is 5.08. The Labute approximate surface area is 202 Å². The van der Waals surface area contributed by atoms with Crippen molar-refractivity contribution in [1.82, 2.24) is 14.3 Å². The molecular weight excluding hydrogens is 446 g/mol. The third-order valence-corrected chi connectivity index (χ3v) is 7.25. The first kappa shape index (κ1) is 24.4. The minimum absolute atomic E-state index is 0.0259. The lowest BCUT2D eigenvalue weighted by Gasteiger charge is -2.33. The fourth-order valence-corrected chi connectivity index (χ4v) is 5.92. The van der Waals surface area contributed by atoms with Crippen LogP contribution < -0.4 is 10.3 Å². The molecule has 0 unspecified atom stereocenters. The lowest BCUT2D eigenvalue weighted by atomic mass is 9.78. The highest BCUT2D eigenvalue weighted by molar-refractivity contribution is 7.88. The number of nitrogens with one attached hydrogen (secondary N) is 1. The molecule has 2 atom stereocenters. The van der Waals surface area contributed by atoms with E-state index in [9.17, 15) is 13.2 Å². The number of sulfonamides is 1. The van der Waals surface area contributed by atoms with E-state index in [1.54, 1.807) is 10.9 Å². The predicted molar refractivity (Wildman–Crippen MR) is 137 cm³/mol. The van der Waals surface area contributed by atoms with E-state index in [4.69, 9.17) is 0 Å². The van der Waals surface area contributed by atoms with Gasteiger partial charge in [-0.1, -0.05) is 53.6 Å². The average Bonchev–Trinajstić information content (AvgIpc) is 2.74. The molecule has 0 saturated carbocycles. The molecular formula is C27H33N3O3S. The van der Waals surface area contributed by atoms with Crippen molar-refractivity contribution in [1.29, 1.82) is 0 Å². The van der Waals surface area contributed by atoms with Gasteiger partial charge in [0.2, 0.25) is 10.0 Å². The van der Waals surface area contributed by atoms with Gasteiger partial charge in [-0.15, -0.1) is 0 Å². The molecule has 0 fully saturated rings. The summed E-state index contributed by atoms with van der Waals surface area (Å²) in [4.78, 5) is 18.1. The number of benzene rings is 2. The molecule has 1 aromatic heterocycles. The molecule has 1 aliphatic carbocycles. The second-order valence-electron chi connectivity index (χ2n) is 9.83. The lowest BCUT2D eigenvalue weighted by molar-refractivity contribution is 0.413. The van der Waals surface area contributed by atoms with Crippen LogP contribution in [0, 0.1) is 13.8 Å². The van der Waals surface area contributed by atoms with Crippen molar-refractivity contribution in [2.75, 3.05) is 6.26 Å². The molecule has 1 aliphatic rings. The first-order valence-electron chi connectivity index (χ1n) is 11.8. The van der Waals surface area contributed by atoms with Crippen molar-refractivity contribution in [2.24, 2.45) is 0 Å². The van der Waals surface area contributed by atoms with Gasteiger partial charge in [-0.3, -0.25) is 9.36 Å². The molecule has 6 nitrogen and oxygen atoms in total. The Morgan fingerprint density at radius 3 is 2.44 bits per heavy atom. The fraction of sp³-hybridized carbons (Fsp3) is 0.407. The molecule has 0 saturated heterocycles. The molecule has 2 aromatic carbocycles. The van der Waals surface area contributed by atoms with Crippen LogP contribution in [-0.2, 0) is 22.9 Å². The topological polar surface area (TPSA) is 81.1 Å². The van der Waals surface area contributed by atoms with Crippen molar-refractivity contribution in [3.05, 3.63) is 87.1 Å². The van der Waals surface area contributed by atoms with Crippen LogP contribution in [-0.4, -0.2) is 30.3 Å². The molecule has 7 heteroatoms. The Morgan fingerprint density at radius 1 is 1.09 bits per heavy atom. The van der Waals surface area contributed by atoms with E-state index >= 15 is 0 Å². The van der Waals surface area contributed by atoms with Gasteiger partial charge >= 0.3 is 0 Å². The van der Waals surface area contributed by atoms with Gasteiger partial charge in [0.15, 0.2) is 0 Å². The summed E-state index contributed by atoms with van der Waals surface area (Å²) in [6, 6.07) is 14.4. The summed E-state index contributed by atoms with van der Waals surface area (Å²) in [5.41, 5.74) is 7.09. The summed E-state index contributed by atoms with van der Waals surface area (Å²) in [6.07, 6.45) is 4.54. The number of fused-ring (bicyclic) bond motifs is 1. The van der Waals surface area contributed by atoms with E-state index in [-0.39, 0.29) is 23.6 Å². The van der Waals surface area contributed by atoms with Gasteiger partial charge in [0.1, 0.15) is 0 Å². The predicted octanol–water partition coefficient (Wildman–Crippen LogP) is 4.30. The zero-order valence-electron chi connectivity index (χ0n) is 20.5. The van der Waals surface area contributed by atoms with Gasteiger partial charge in [0, 0.05) is 23.6 Å². The van der Waals surface area contributed by atoms with Crippen molar-refractivity contribution in [2.45, 2.75) is 65.0 Å². The normalized spacial score (nSPS) is 18.2. The molecule has 3 aromatic rings. The number of nitrogens with zero attached hydrogens (tertiary/aromatic N) is 2. The van der Waals surface area contributed by atoms with Gasteiger partial charge in [-0.05, 0) is 63.6 Å². The van der Waals surface area contributed by atoms with Gasteiger partial charge in [-0.25, -0.2) is 18.1 Å². The molecule has 0 radical (unpaired) electrons. The Balaban J connectivity index is 1.78. The van der Waals surface area contributed by atoms with Gasteiger partial charge < -0.3 is 0 Å². The number of aromatic nitrogens is 2. The first-order chi connectivity index (χ1) is 16.0. The minimum Gasteiger partial charge on any atom is -0.296 e. The summed E-state index contributed by atoms with van der Waals surface area (Å²) in [6.45, 7) is 8.08. The quantitative estimate of drug-likeness (QED) is 0.572. The standard InChI is InChI=1S/C27H33N3O3S/c1-17(2)30-16-28-25-10-9-24(29-34(5,32)33)23(26(25)27(30)31)15-20-7-6-8-21(14-20)22-12-18(3)11-19(4)13-22/h6-8,11-14,16-17,23-24,29H,9-10,15H2,1-5H3/t23-,24-/m0/s1. The highest BCUT2D eigenvalue weighted by Crippen LogP contribution is 2.33. The second kappa shape index (κ2) is 9.47. The first-order valence-corrected chi connectivity index (χ1v) is 13.7. The van der Waals surface area contributed by atoms with Crippen LogP contribution in [0.4, 0.5) is 0 Å². The summed E-state index contributed by atoms with van der Waals surface area (Å²) in [5.74, 6) is -0.292. The maximum atomic E-state index is 13.5. The number of rotatable bonds is 6. The Morgan fingerprint density at radius 2 is 1.79 bits per heavy atom. The summed E-state index contributed by atoms with van der Waals surface area (Å²) in [5, 5.41) is 0. The highest BCUT2D eigenvalue weighted by Gasteiger charge is 2.35. The third-order valence-electron chi connectivity index (χ3n) is 6.52. The zero-order chi connectivity index (χ0) is 24.6. The van der Waals surface area contributed by atoms with Crippen molar-refractivity contribution in [3.8, 4) is 11.1 Å². The highest BCUT2D eigenvalue weighted by atomic mass is 32.2. The molecule has 34 heavy (non-hydrogen) atoms.